The molecule has 0 aliphatic carbocycles. The lowest BCUT2D eigenvalue weighted by atomic mass is 10.1. The number of aryl methyl sites for hydroxylation is 1. The molecule has 0 aromatic heterocycles. The molecule has 0 spiro atoms. The molecular formula is C15H12FNOS. The maximum absolute atomic E-state index is 13.2. The fourth-order valence-corrected chi connectivity index (χ4v) is 3.01. The Morgan fingerprint density at radius 3 is 2.74 bits per heavy atom. The van der Waals surface area contributed by atoms with Gasteiger partial charge >= 0.3 is 0 Å². The number of rotatable bonds is 3. The third kappa shape index (κ3) is 3.27. The summed E-state index contributed by atoms with van der Waals surface area (Å²) in [5, 5.41) is 8.97. The second-order valence-electron chi connectivity index (χ2n) is 4.22. The largest absolute Gasteiger partial charge is 0.254 e. The molecule has 1 unspecified atom stereocenters. The van der Waals surface area contributed by atoms with E-state index in [-0.39, 0.29) is 5.75 Å². The van der Waals surface area contributed by atoms with Crippen LogP contribution in [0, 0.1) is 24.1 Å². The van der Waals surface area contributed by atoms with Crippen LogP contribution in [0.25, 0.3) is 0 Å². The standard InChI is InChI=1S/C15H12FNOS/c1-11-3-2-4-15(7-11)19(18)10-13-8-14(16)6-5-12(13)9-17/h2-8H,10H2,1H3. The zero-order chi connectivity index (χ0) is 13.8. The second kappa shape index (κ2) is 5.77. The Bertz CT molecular complexity index is 676. The predicted molar refractivity (Wildman–Crippen MR) is 72.4 cm³/mol. The minimum absolute atomic E-state index is 0.143. The number of hydrogen-bond donors (Lipinski definition) is 0. The van der Waals surface area contributed by atoms with Crippen molar-refractivity contribution in [3.63, 3.8) is 0 Å². The summed E-state index contributed by atoms with van der Waals surface area (Å²) in [6.45, 7) is 1.92. The van der Waals surface area contributed by atoms with Gasteiger partial charge in [-0.05, 0) is 48.4 Å². The maximum atomic E-state index is 13.2. The van der Waals surface area contributed by atoms with Gasteiger partial charge in [0, 0.05) is 4.90 Å². The van der Waals surface area contributed by atoms with Gasteiger partial charge in [0.2, 0.25) is 0 Å². The van der Waals surface area contributed by atoms with Gasteiger partial charge in [0.25, 0.3) is 0 Å². The molecule has 0 aliphatic heterocycles. The van der Waals surface area contributed by atoms with Crippen molar-refractivity contribution in [1.82, 2.24) is 0 Å². The lowest BCUT2D eigenvalue weighted by Gasteiger charge is -2.05. The van der Waals surface area contributed by atoms with E-state index in [4.69, 9.17) is 5.26 Å². The van der Waals surface area contributed by atoms with E-state index in [1.54, 1.807) is 6.07 Å². The topological polar surface area (TPSA) is 40.9 Å². The molecule has 1 atom stereocenters. The minimum atomic E-state index is -1.28. The SMILES string of the molecule is Cc1cccc(S(=O)Cc2cc(F)ccc2C#N)c1. The zero-order valence-corrected chi connectivity index (χ0v) is 11.2. The monoisotopic (exact) mass is 273 g/mol. The quantitative estimate of drug-likeness (QED) is 0.860. The average molecular weight is 273 g/mol. The molecule has 2 rings (SSSR count). The summed E-state index contributed by atoms with van der Waals surface area (Å²) < 4.78 is 25.4. The molecule has 0 amide bonds. The van der Waals surface area contributed by atoms with Gasteiger partial charge < -0.3 is 0 Å². The van der Waals surface area contributed by atoms with Crippen molar-refractivity contribution in [1.29, 1.82) is 5.26 Å². The number of halogens is 1. The van der Waals surface area contributed by atoms with Gasteiger partial charge in [-0.2, -0.15) is 5.26 Å². The van der Waals surface area contributed by atoms with Crippen molar-refractivity contribution in [2.45, 2.75) is 17.6 Å². The summed E-state index contributed by atoms with van der Waals surface area (Å²) in [7, 11) is -1.28. The maximum Gasteiger partial charge on any atom is 0.123 e. The van der Waals surface area contributed by atoms with Crippen molar-refractivity contribution in [3.05, 3.63) is 65.0 Å². The number of nitrogens with zero attached hydrogens (tertiary/aromatic N) is 1. The molecule has 0 radical (unpaired) electrons. The highest BCUT2D eigenvalue weighted by Crippen LogP contribution is 2.17. The van der Waals surface area contributed by atoms with Crippen molar-refractivity contribution in [3.8, 4) is 6.07 Å². The van der Waals surface area contributed by atoms with Crippen LogP contribution in [-0.4, -0.2) is 4.21 Å². The van der Waals surface area contributed by atoms with Gasteiger partial charge in [0.05, 0.1) is 28.2 Å². The van der Waals surface area contributed by atoms with Crippen molar-refractivity contribution < 1.29 is 8.60 Å². The van der Waals surface area contributed by atoms with Crippen LogP contribution >= 0.6 is 0 Å². The van der Waals surface area contributed by atoms with Crippen LogP contribution in [0.1, 0.15) is 16.7 Å². The van der Waals surface area contributed by atoms with Gasteiger partial charge in [-0.3, -0.25) is 4.21 Å². The highest BCUT2D eigenvalue weighted by molar-refractivity contribution is 7.84. The van der Waals surface area contributed by atoms with Gasteiger partial charge in [0.15, 0.2) is 0 Å². The second-order valence-corrected chi connectivity index (χ2v) is 5.67. The Labute approximate surface area is 114 Å². The molecule has 96 valence electrons. The minimum Gasteiger partial charge on any atom is -0.254 e. The van der Waals surface area contributed by atoms with Crippen LogP contribution in [0.4, 0.5) is 4.39 Å². The first-order chi connectivity index (χ1) is 9.10. The predicted octanol–water partition coefficient (Wildman–Crippen LogP) is 3.31. The van der Waals surface area contributed by atoms with Gasteiger partial charge in [-0.15, -0.1) is 0 Å². The van der Waals surface area contributed by atoms with Crippen LogP contribution in [0.3, 0.4) is 0 Å². The van der Waals surface area contributed by atoms with Crippen LogP contribution in [-0.2, 0) is 16.6 Å². The summed E-state index contributed by atoms with van der Waals surface area (Å²) in [5.74, 6) is -0.278. The van der Waals surface area contributed by atoms with Crippen molar-refractivity contribution in [2.24, 2.45) is 0 Å². The molecule has 2 aromatic carbocycles. The first kappa shape index (κ1) is 13.4. The summed E-state index contributed by atoms with van der Waals surface area (Å²) >= 11 is 0. The Morgan fingerprint density at radius 2 is 2.05 bits per heavy atom. The van der Waals surface area contributed by atoms with Crippen LogP contribution in [0.15, 0.2) is 47.4 Å². The van der Waals surface area contributed by atoms with Crippen molar-refractivity contribution in [2.75, 3.05) is 0 Å². The van der Waals surface area contributed by atoms with Crippen LogP contribution in [0.2, 0.25) is 0 Å². The number of nitriles is 1. The normalized spacial score (nSPS) is 11.8. The Balaban J connectivity index is 2.29. The molecule has 0 fully saturated rings. The van der Waals surface area contributed by atoms with Gasteiger partial charge in [-0.25, -0.2) is 4.39 Å². The van der Waals surface area contributed by atoms with E-state index in [1.807, 2.05) is 31.2 Å². The lowest BCUT2D eigenvalue weighted by Crippen LogP contribution is -2.00. The van der Waals surface area contributed by atoms with E-state index in [0.29, 0.717) is 16.0 Å². The molecule has 0 N–H and O–H groups in total. The molecule has 2 aromatic rings. The van der Waals surface area contributed by atoms with Crippen LogP contribution < -0.4 is 0 Å². The van der Waals surface area contributed by atoms with Crippen molar-refractivity contribution >= 4 is 10.8 Å². The van der Waals surface area contributed by atoms with Crippen LogP contribution in [0.5, 0.6) is 0 Å². The Hall–Kier alpha value is -1.99. The Kier molecular flexibility index (Phi) is 4.08. The van der Waals surface area contributed by atoms with E-state index < -0.39 is 16.6 Å². The summed E-state index contributed by atoms with van der Waals surface area (Å²) in [5.41, 5.74) is 1.86. The molecule has 0 aliphatic rings. The van der Waals surface area contributed by atoms with Gasteiger partial charge in [0.1, 0.15) is 5.82 Å². The van der Waals surface area contributed by atoms with E-state index in [0.717, 1.165) is 5.56 Å². The molecule has 2 nitrogen and oxygen atoms in total. The third-order valence-corrected chi connectivity index (χ3v) is 4.08. The molecule has 0 bridgehead atoms. The van der Waals surface area contributed by atoms with E-state index in [1.165, 1.54) is 18.2 Å². The lowest BCUT2D eigenvalue weighted by molar-refractivity contribution is 0.626. The first-order valence-corrected chi connectivity index (χ1v) is 7.05. The fourth-order valence-electron chi connectivity index (χ4n) is 1.77. The van der Waals surface area contributed by atoms with E-state index >= 15 is 0 Å². The number of benzene rings is 2. The zero-order valence-electron chi connectivity index (χ0n) is 10.4. The third-order valence-electron chi connectivity index (χ3n) is 2.73. The summed E-state index contributed by atoms with van der Waals surface area (Å²) in [6.07, 6.45) is 0. The average Bonchev–Trinajstić information content (AvgIpc) is 2.39. The summed E-state index contributed by atoms with van der Waals surface area (Å²) in [6, 6.07) is 13.3. The molecule has 4 heteroatoms. The van der Waals surface area contributed by atoms with E-state index in [9.17, 15) is 8.60 Å². The molecule has 0 saturated carbocycles. The smallest absolute Gasteiger partial charge is 0.123 e. The van der Waals surface area contributed by atoms with E-state index in [2.05, 4.69) is 0 Å². The highest BCUT2D eigenvalue weighted by Gasteiger charge is 2.10. The molecule has 19 heavy (non-hydrogen) atoms. The molecule has 0 heterocycles. The molecular weight excluding hydrogens is 261 g/mol. The Morgan fingerprint density at radius 1 is 1.26 bits per heavy atom. The van der Waals surface area contributed by atoms with Gasteiger partial charge in [-0.1, -0.05) is 12.1 Å². The molecule has 0 saturated heterocycles. The first-order valence-electron chi connectivity index (χ1n) is 5.74. The summed E-state index contributed by atoms with van der Waals surface area (Å²) in [4.78, 5) is 0.688. The fraction of sp³-hybridized carbons (Fsp3) is 0.133. The highest BCUT2D eigenvalue weighted by atomic mass is 32.2. The number of hydrogen-bond acceptors (Lipinski definition) is 2.